The van der Waals surface area contributed by atoms with Crippen LogP contribution in [0.2, 0.25) is 0 Å². The molecular weight excluding hydrogens is 456 g/mol. The van der Waals surface area contributed by atoms with Gasteiger partial charge in [0.1, 0.15) is 16.3 Å². The Kier molecular flexibility index (Phi) is 6.99. The highest BCUT2D eigenvalue weighted by Crippen LogP contribution is 2.29. The second-order valence-corrected chi connectivity index (χ2v) is 11.0. The lowest BCUT2D eigenvalue weighted by Crippen LogP contribution is -2.41. The molecule has 3 heterocycles. The zero-order valence-corrected chi connectivity index (χ0v) is 20.7. The summed E-state index contributed by atoms with van der Waals surface area (Å²) < 4.78 is 34.8. The summed E-state index contributed by atoms with van der Waals surface area (Å²) in [5.74, 6) is 0.0182. The molecule has 2 aromatic rings. The predicted molar refractivity (Wildman–Crippen MR) is 128 cm³/mol. The summed E-state index contributed by atoms with van der Waals surface area (Å²) in [4.78, 5) is 27.5. The molecule has 1 aromatic carbocycles. The highest BCUT2D eigenvalue weighted by atomic mass is 32.2. The fourth-order valence-corrected chi connectivity index (χ4v) is 6.17. The summed E-state index contributed by atoms with van der Waals surface area (Å²) in [6.07, 6.45) is 4.29. The van der Waals surface area contributed by atoms with Gasteiger partial charge in [0, 0.05) is 45.3 Å². The molecule has 1 N–H and O–H groups in total. The SMILES string of the molecule is COc1ccc(C)cc1NC(=O)C1CCN(S(=O)(=O)c2cc(C(=O)N3CCCC3)n(C)c2)CC1. The number of nitrogens with one attached hydrogen (secondary N) is 1. The lowest BCUT2D eigenvalue weighted by Gasteiger charge is -2.30. The van der Waals surface area contributed by atoms with Crippen molar-refractivity contribution in [3.63, 3.8) is 0 Å². The molecule has 184 valence electrons. The van der Waals surface area contributed by atoms with Crippen LogP contribution >= 0.6 is 0 Å². The van der Waals surface area contributed by atoms with Crippen LogP contribution in [0.5, 0.6) is 5.75 Å². The first kappa shape index (κ1) is 24.3. The zero-order valence-electron chi connectivity index (χ0n) is 19.9. The summed E-state index contributed by atoms with van der Waals surface area (Å²) in [5.41, 5.74) is 1.99. The van der Waals surface area contributed by atoms with Gasteiger partial charge in [-0.3, -0.25) is 9.59 Å². The molecule has 0 bridgehead atoms. The summed E-state index contributed by atoms with van der Waals surface area (Å²) in [7, 11) is -0.509. The molecule has 2 saturated heterocycles. The third kappa shape index (κ3) is 4.83. The van der Waals surface area contributed by atoms with Crippen molar-refractivity contribution >= 4 is 27.5 Å². The van der Waals surface area contributed by atoms with Gasteiger partial charge in [-0.2, -0.15) is 4.31 Å². The maximum absolute atomic E-state index is 13.3. The lowest BCUT2D eigenvalue weighted by molar-refractivity contribution is -0.120. The number of benzene rings is 1. The maximum Gasteiger partial charge on any atom is 0.270 e. The highest BCUT2D eigenvalue weighted by molar-refractivity contribution is 7.89. The van der Waals surface area contributed by atoms with Gasteiger partial charge in [-0.25, -0.2) is 8.42 Å². The Morgan fingerprint density at radius 3 is 2.38 bits per heavy atom. The van der Waals surface area contributed by atoms with E-state index in [2.05, 4.69) is 5.32 Å². The molecule has 0 spiro atoms. The van der Waals surface area contributed by atoms with Gasteiger partial charge >= 0.3 is 0 Å². The largest absolute Gasteiger partial charge is 0.495 e. The average molecular weight is 489 g/mol. The minimum atomic E-state index is -3.75. The number of carbonyl (C=O) groups excluding carboxylic acids is 2. The van der Waals surface area contributed by atoms with E-state index in [1.54, 1.807) is 23.6 Å². The number of nitrogens with zero attached hydrogens (tertiary/aromatic N) is 3. The van der Waals surface area contributed by atoms with Crippen molar-refractivity contribution in [3.05, 3.63) is 41.7 Å². The van der Waals surface area contributed by atoms with Crippen LogP contribution in [0, 0.1) is 12.8 Å². The number of aryl methyl sites for hydroxylation is 2. The van der Waals surface area contributed by atoms with Crippen molar-refractivity contribution in [2.24, 2.45) is 13.0 Å². The van der Waals surface area contributed by atoms with E-state index in [-0.39, 0.29) is 35.7 Å². The molecular formula is C24H32N4O5S. The van der Waals surface area contributed by atoms with E-state index in [0.29, 0.717) is 43.1 Å². The third-order valence-electron chi connectivity index (χ3n) is 6.67. The van der Waals surface area contributed by atoms with Gasteiger partial charge in [-0.05, 0) is 56.4 Å². The number of anilines is 1. The molecule has 2 aliphatic rings. The molecule has 4 rings (SSSR count). The number of rotatable bonds is 6. The minimum Gasteiger partial charge on any atom is -0.495 e. The monoisotopic (exact) mass is 488 g/mol. The van der Waals surface area contributed by atoms with E-state index in [4.69, 9.17) is 4.74 Å². The fourth-order valence-electron chi connectivity index (χ4n) is 4.63. The van der Waals surface area contributed by atoms with E-state index in [1.165, 1.54) is 16.6 Å². The fraction of sp³-hybridized carbons (Fsp3) is 0.500. The van der Waals surface area contributed by atoms with Crippen LogP contribution in [0.1, 0.15) is 41.7 Å². The topological polar surface area (TPSA) is 101 Å². The standard InChI is InChI=1S/C24H32N4O5S/c1-17-6-7-22(33-3)20(14-17)25-23(29)18-8-12-28(13-9-18)34(31,32)19-15-21(26(2)16-19)24(30)27-10-4-5-11-27/h6-7,14-16,18H,4-5,8-13H2,1-3H3,(H,25,29). The average Bonchev–Trinajstić information content (AvgIpc) is 3.49. The molecule has 10 heteroatoms. The lowest BCUT2D eigenvalue weighted by atomic mass is 9.97. The summed E-state index contributed by atoms with van der Waals surface area (Å²) in [6, 6.07) is 7.04. The molecule has 1 aromatic heterocycles. The molecule has 0 aliphatic carbocycles. The van der Waals surface area contributed by atoms with Crippen LogP contribution in [-0.4, -0.2) is 67.3 Å². The van der Waals surface area contributed by atoms with Gasteiger partial charge in [-0.1, -0.05) is 6.07 Å². The number of hydrogen-bond donors (Lipinski definition) is 1. The zero-order chi connectivity index (χ0) is 24.5. The second kappa shape index (κ2) is 9.79. The van der Waals surface area contributed by atoms with Crippen molar-refractivity contribution in [2.75, 3.05) is 38.6 Å². The van der Waals surface area contributed by atoms with E-state index in [1.807, 2.05) is 25.1 Å². The number of carbonyl (C=O) groups is 2. The molecule has 0 unspecified atom stereocenters. The number of methoxy groups -OCH3 is 1. The first-order valence-electron chi connectivity index (χ1n) is 11.6. The smallest absolute Gasteiger partial charge is 0.270 e. The van der Waals surface area contributed by atoms with Gasteiger partial charge in [0.2, 0.25) is 15.9 Å². The number of hydrogen-bond acceptors (Lipinski definition) is 5. The van der Waals surface area contributed by atoms with Crippen molar-refractivity contribution in [3.8, 4) is 5.75 Å². The first-order valence-corrected chi connectivity index (χ1v) is 13.1. The van der Waals surface area contributed by atoms with Crippen LogP contribution in [0.4, 0.5) is 5.69 Å². The summed E-state index contributed by atoms with van der Waals surface area (Å²) in [5, 5.41) is 2.93. The second-order valence-electron chi connectivity index (χ2n) is 9.04. The van der Waals surface area contributed by atoms with Crippen molar-refractivity contribution in [1.29, 1.82) is 0 Å². The highest BCUT2D eigenvalue weighted by Gasteiger charge is 2.34. The normalized spacial score (nSPS) is 17.7. The van der Waals surface area contributed by atoms with Crippen LogP contribution < -0.4 is 10.1 Å². The summed E-state index contributed by atoms with van der Waals surface area (Å²) in [6.45, 7) is 3.84. The number of likely N-dealkylation sites (tertiary alicyclic amines) is 1. The van der Waals surface area contributed by atoms with Gasteiger partial charge in [0.25, 0.3) is 5.91 Å². The Balaban J connectivity index is 1.41. The van der Waals surface area contributed by atoms with Crippen molar-refractivity contribution in [2.45, 2.75) is 37.5 Å². The number of aromatic nitrogens is 1. The summed E-state index contributed by atoms with van der Waals surface area (Å²) >= 11 is 0. The minimum absolute atomic E-state index is 0.116. The Morgan fingerprint density at radius 1 is 1.06 bits per heavy atom. The van der Waals surface area contributed by atoms with Crippen LogP contribution in [-0.2, 0) is 21.9 Å². The molecule has 2 aliphatic heterocycles. The Labute approximate surface area is 200 Å². The molecule has 0 radical (unpaired) electrons. The van der Waals surface area contributed by atoms with Gasteiger partial charge < -0.3 is 19.5 Å². The van der Waals surface area contributed by atoms with Crippen molar-refractivity contribution < 1.29 is 22.7 Å². The molecule has 2 amide bonds. The van der Waals surface area contributed by atoms with Crippen molar-refractivity contribution in [1.82, 2.24) is 13.8 Å². The van der Waals surface area contributed by atoms with Crippen LogP contribution in [0.15, 0.2) is 35.4 Å². The Morgan fingerprint density at radius 2 is 1.74 bits per heavy atom. The quantitative estimate of drug-likeness (QED) is 0.674. The number of piperidine rings is 1. The molecule has 2 fully saturated rings. The predicted octanol–water partition coefficient (Wildman–Crippen LogP) is 2.62. The Hall–Kier alpha value is -2.85. The Bertz CT molecular complexity index is 1180. The first-order chi connectivity index (χ1) is 16.2. The molecule has 34 heavy (non-hydrogen) atoms. The van der Waals surface area contributed by atoms with Gasteiger partial charge in [-0.15, -0.1) is 0 Å². The van der Waals surface area contributed by atoms with Gasteiger partial charge in [0.05, 0.1) is 12.8 Å². The molecule has 9 nitrogen and oxygen atoms in total. The number of ether oxygens (including phenoxy) is 1. The van der Waals surface area contributed by atoms with Crippen LogP contribution in [0.25, 0.3) is 0 Å². The molecule has 0 atom stereocenters. The number of amides is 2. The molecule has 0 saturated carbocycles. The third-order valence-corrected chi connectivity index (χ3v) is 8.53. The number of sulfonamides is 1. The van der Waals surface area contributed by atoms with E-state index in [9.17, 15) is 18.0 Å². The van der Waals surface area contributed by atoms with E-state index < -0.39 is 10.0 Å². The van der Waals surface area contributed by atoms with Gasteiger partial charge in [0.15, 0.2) is 0 Å². The maximum atomic E-state index is 13.3. The van der Waals surface area contributed by atoms with Crippen LogP contribution in [0.3, 0.4) is 0 Å². The van der Waals surface area contributed by atoms with E-state index >= 15 is 0 Å². The van der Waals surface area contributed by atoms with E-state index in [0.717, 1.165) is 18.4 Å².